The minimum atomic E-state index is 0.259. The maximum atomic E-state index is 4.09. The van der Waals surface area contributed by atoms with Crippen molar-refractivity contribution < 1.29 is 0 Å². The number of nitrogens with zero attached hydrogens (tertiary/aromatic N) is 4. The third-order valence-electron chi connectivity index (χ3n) is 2.59. The predicted molar refractivity (Wildman–Crippen MR) is 66.0 cm³/mol. The van der Waals surface area contributed by atoms with E-state index in [0.29, 0.717) is 4.83 Å². The van der Waals surface area contributed by atoms with Crippen LogP contribution in [0.1, 0.15) is 25.6 Å². The van der Waals surface area contributed by atoms with E-state index in [4.69, 9.17) is 0 Å². The van der Waals surface area contributed by atoms with Crippen LogP contribution in [0.15, 0.2) is 30.3 Å². The lowest BCUT2D eigenvalue weighted by atomic mass is 10.1. The molecular formula is C11H13BrN4. The van der Waals surface area contributed by atoms with Gasteiger partial charge in [0.25, 0.3) is 0 Å². The van der Waals surface area contributed by atoms with Gasteiger partial charge < -0.3 is 0 Å². The second-order valence-electron chi connectivity index (χ2n) is 3.75. The highest BCUT2D eigenvalue weighted by Crippen LogP contribution is 2.23. The molecule has 0 aliphatic rings. The summed E-state index contributed by atoms with van der Waals surface area (Å²) in [7, 11) is 0. The van der Waals surface area contributed by atoms with Gasteiger partial charge in [-0.3, -0.25) is 0 Å². The average molecular weight is 281 g/mol. The number of hydrogen-bond donors (Lipinski definition) is 0. The van der Waals surface area contributed by atoms with Crippen molar-refractivity contribution >= 4 is 15.9 Å². The van der Waals surface area contributed by atoms with Crippen molar-refractivity contribution in [3.05, 3.63) is 36.2 Å². The van der Waals surface area contributed by atoms with Gasteiger partial charge in [0.2, 0.25) is 0 Å². The summed E-state index contributed by atoms with van der Waals surface area (Å²) in [5.74, 6) is 1.13. The van der Waals surface area contributed by atoms with Gasteiger partial charge in [0, 0.05) is 10.7 Å². The van der Waals surface area contributed by atoms with Gasteiger partial charge in [0.1, 0.15) is 0 Å². The Morgan fingerprint density at radius 1 is 1.19 bits per heavy atom. The van der Waals surface area contributed by atoms with Crippen LogP contribution in [0.4, 0.5) is 0 Å². The summed E-state index contributed by atoms with van der Waals surface area (Å²) < 4.78 is 1.78. The Kier molecular flexibility index (Phi) is 3.33. The van der Waals surface area contributed by atoms with E-state index in [1.54, 1.807) is 4.68 Å². The van der Waals surface area contributed by atoms with E-state index in [1.165, 1.54) is 0 Å². The largest absolute Gasteiger partial charge is 0.197 e. The maximum absolute atomic E-state index is 4.09. The molecule has 2 unspecified atom stereocenters. The van der Waals surface area contributed by atoms with Crippen LogP contribution in [0.5, 0.6) is 0 Å². The molecule has 1 heterocycles. The fourth-order valence-corrected chi connectivity index (χ4v) is 1.67. The third-order valence-corrected chi connectivity index (χ3v) is 3.38. The molecular weight excluding hydrogens is 268 g/mol. The van der Waals surface area contributed by atoms with Crippen LogP contribution in [0.25, 0.3) is 5.69 Å². The van der Waals surface area contributed by atoms with Crippen molar-refractivity contribution in [3.63, 3.8) is 0 Å². The van der Waals surface area contributed by atoms with Gasteiger partial charge in [-0.1, -0.05) is 48.0 Å². The van der Waals surface area contributed by atoms with E-state index in [2.05, 4.69) is 45.3 Å². The molecule has 0 N–H and O–H groups in total. The summed E-state index contributed by atoms with van der Waals surface area (Å²) in [4.78, 5) is 0.334. The summed E-state index contributed by atoms with van der Waals surface area (Å²) in [6.07, 6.45) is 0. The molecule has 1 aromatic heterocycles. The zero-order valence-electron chi connectivity index (χ0n) is 9.21. The van der Waals surface area contributed by atoms with Gasteiger partial charge in [-0.2, -0.15) is 4.68 Å². The van der Waals surface area contributed by atoms with Crippen LogP contribution in [-0.2, 0) is 0 Å². The standard InChI is InChI=1S/C11H13BrN4/c1-8(9(2)12)11-13-14-15-16(11)10-6-4-3-5-7-10/h3-9H,1-2H3. The molecule has 4 nitrogen and oxygen atoms in total. The van der Waals surface area contributed by atoms with Crippen LogP contribution in [0.3, 0.4) is 0 Å². The fraction of sp³-hybridized carbons (Fsp3) is 0.364. The number of rotatable bonds is 3. The molecule has 5 heteroatoms. The van der Waals surface area contributed by atoms with Gasteiger partial charge >= 0.3 is 0 Å². The van der Waals surface area contributed by atoms with Crippen molar-refractivity contribution in [3.8, 4) is 5.69 Å². The summed E-state index contributed by atoms with van der Waals surface area (Å²) in [5, 5.41) is 11.9. The van der Waals surface area contributed by atoms with E-state index >= 15 is 0 Å². The Balaban J connectivity index is 2.40. The average Bonchev–Trinajstić information content (AvgIpc) is 2.77. The molecule has 0 saturated carbocycles. The number of tetrazole rings is 1. The van der Waals surface area contributed by atoms with Crippen LogP contribution in [0.2, 0.25) is 0 Å². The second kappa shape index (κ2) is 4.74. The normalized spacial score (nSPS) is 14.7. The summed E-state index contributed by atoms with van der Waals surface area (Å²) in [6, 6.07) is 9.91. The first-order valence-corrected chi connectivity index (χ1v) is 6.09. The molecule has 16 heavy (non-hydrogen) atoms. The number of benzene rings is 1. The van der Waals surface area contributed by atoms with Gasteiger partial charge in [-0.25, -0.2) is 0 Å². The Labute approximate surface area is 103 Å². The first-order valence-electron chi connectivity index (χ1n) is 5.18. The zero-order valence-corrected chi connectivity index (χ0v) is 10.8. The van der Waals surface area contributed by atoms with Crippen molar-refractivity contribution in [1.82, 2.24) is 20.2 Å². The number of halogens is 1. The van der Waals surface area contributed by atoms with Crippen LogP contribution in [-0.4, -0.2) is 25.0 Å². The molecule has 2 aromatic rings. The summed E-state index contributed by atoms with van der Waals surface area (Å²) in [5.41, 5.74) is 0.988. The highest BCUT2D eigenvalue weighted by molar-refractivity contribution is 9.09. The molecule has 0 radical (unpaired) electrons. The maximum Gasteiger partial charge on any atom is 0.160 e. The first kappa shape index (κ1) is 11.3. The molecule has 0 spiro atoms. The molecule has 2 rings (SSSR count). The monoisotopic (exact) mass is 280 g/mol. The predicted octanol–water partition coefficient (Wildman–Crippen LogP) is 2.55. The van der Waals surface area contributed by atoms with Crippen molar-refractivity contribution in [2.24, 2.45) is 0 Å². The number of para-hydroxylation sites is 1. The fourth-order valence-electron chi connectivity index (χ4n) is 1.44. The molecule has 1 aromatic carbocycles. The number of aromatic nitrogens is 4. The van der Waals surface area contributed by atoms with E-state index in [0.717, 1.165) is 11.5 Å². The van der Waals surface area contributed by atoms with E-state index in [1.807, 2.05) is 30.3 Å². The van der Waals surface area contributed by atoms with Crippen LogP contribution in [0, 0.1) is 0 Å². The summed E-state index contributed by atoms with van der Waals surface area (Å²) in [6.45, 7) is 4.19. The highest BCUT2D eigenvalue weighted by Gasteiger charge is 2.19. The number of alkyl halides is 1. The minimum absolute atomic E-state index is 0.259. The van der Waals surface area contributed by atoms with E-state index in [-0.39, 0.29) is 5.92 Å². The van der Waals surface area contributed by atoms with Gasteiger partial charge in [-0.15, -0.1) is 5.10 Å². The van der Waals surface area contributed by atoms with Crippen molar-refractivity contribution in [2.45, 2.75) is 24.6 Å². The Bertz CT molecular complexity index is 452. The van der Waals surface area contributed by atoms with Gasteiger partial charge in [0.15, 0.2) is 5.82 Å². The van der Waals surface area contributed by atoms with E-state index in [9.17, 15) is 0 Å². The molecule has 0 saturated heterocycles. The Morgan fingerprint density at radius 2 is 1.88 bits per heavy atom. The lowest BCUT2D eigenvalue weighted by molar-refractivity contribution is 0.663. The minimum Gasteiger partial charge on any atom is -0.197 e. The van der Waals surface area contributed by atoms with Gasteiger partial charge in [-0.05, 0) is 22.6 Å². The molecule has 0 amide bonds. The summed E-state index contributed by atoms with van der Waals surface area (Å²) >= 11 is 3.56. The topological polar surface area (TPSA) is 43.6 Å². The smallest absolute Gasteiger partial charge is 0.160 e. The Morgan fingerprint density at radius 3 is 2.50 bits per heavy atom. The molecule has 2 atom stereocenters. The number of hydrogen-bond acceptors (Lipinski definition) is 3. The van der Waals surface area contributed by atoms with Crippen molar-refractivity contribution in [1.29, 1.82) is 0 Å². The quantitative estimate of drug-likeness (QED) is 0.812. The van der Waals surface area contributed by atoms with Crippen LogP contribution >= 0.6 is 15.9 Å². The van der Waals surface area contributed by atoms with Crippen molar-refractivity contribution in [2.75, 3.05) is 0 Å². The Hall–Kier alpha value is -1.23. The molecule has 0 fully saturated rings. The lowest BCUT2D eigenvalue weighted by Crippen LogP contribution is -2.12. The molecule has 84 valence electrons. The zero-order chi connectivity index (χ0) is 11.5. The SMILES string of the molecule is CC(Br)C(C)c1nnnn1-c1ccccc1. The van der Waals surface area contributed by atoms with Crippen LogP contribution < -0.4 is 0 Å². The molecule has 0 aliphatic carbocycles. The third kappa shape index (κ3) is 2.14. The molecule has 0 aliphatic heterocycles. The first-order chi connectivity index (χ1) is 7.70. The van der Waals surface area contributed by atoms with E-state index < -0.39 is 0 Å². The van der Waals surface area contributed by atoms with Gasteiger partial charge in [0.05, 0.1) is 5.69 Å². The lowest BCUT2D eigenvalue weighted by Gasteiger charge is -2.13. The molecule has 0 bridgehead atoms. The highest BCUT2D eigenvalue weighted by atomic mass is 79.9. The second-order valence-corrected chi connectivity index (χ2v) is 5.19.